The Bertz CT molecular complexity index is 2030. The molecule has 0 N–H and O–H groups in total. The van der Waals surface area contributed by atoms with Gasteiger partial charge in [0, 0.05) is 19.2 Å². The van der Waals surface area contributed by atoms with E-state index in [4.69, 9.17) is 23.7 Å². The summed E-state index contributed by atoms with van der Waals surface area (Å²) < 4.78 is 57.1. The summed E-state index contributed by atoms with van der Waals surface area (Å²) in [5, 5.41) is 23.3. The number of rotatable bonds is 19. The number of sulfonamides is 1. The molecule has 0 bridgehead atoms. The minimum Gasteiger partial charge on any atom is -0.459 e. The fraction of sp³-hybridized carbons (Fsp3) is 0.462. The highest BCUT2D eigenvalue weighted by Crippen LogP contribution is 2.34. The summed E-state index contributed by atoms with van der Waals surface area (Å²) in [7, 11) is -4.69. The molecule has 0 heterocycles. The number of nitrogens with zero attached hydrogens (tertiary/aromatic N) is 3. The number of anilines is 1. The van der Waals surface area contributed by atoms with E-state index in [9.17, 15) is 43.0 Å². The van der Waals surface area contributed by atoms with Crippen LogP contribution in [0.5, 0.6) is 0 Å². The van der Waals surface area contributed by atoms with E-state index in [1.807, 2.05) is 6.92 Å². The van der Waals surface area contributed by atoms with Gasteiger partial charge in [0.15, 0.2) is 17.1 Å². The van der Waals surface area contributed by atoms with Gasteiger partial charge in [-0.05, 0) is 103 Å². The first kappa shape index (κ1) is 45.9. The maximum Gasteiger partial charge on any atom is 0.339 e. The summed E-state index contributed by atoms with van der Waals surface area (Å²) >= 11 is 0. The first-order chi connectivity index (χ1) is 26.5. The molecule has 0 aliphatic carbocycles. The fourth-order valence-corrected chi connectivity index (χ4v) is 6.83. The number of esters is 3. The fourth-order valence-electron chi connectivity index (χ4n) is 5.19. The Morgan fingerprint density at radius 3 is 1.96 bits per heavy atom. The van der Waals surface area contributed by atoms with Gasteiger partial charge in [-0.3, -0.25) is 24.5 Å². The maximum atomic E-state index is 14.1. The van der Waals surface area contributed by atoms with Crippen molar-refractivity contribution in [2.75, 3.05) is 24.1 Å². The number of carbonyl (C=O) groups is 3. The number of carbonyl (C=O) groups excluding carboxylic acids is 3. The van der Waals surface area contributed by atoms with Gasteiger partial charge in [-0.25, -0.2) is 22.8 Å². The number of non-ortho nitro benzene ring substituents is 1. The van der Waals surface area contributed by atoms with E-state index >= 15 is 0 Å². The molecule has 0 aliphatic rings. The van der Waals surface area contributed by atoms with Crippen molar-refractivity contribution in [1.82, 2.24) is 0 Å². The largest absolute Gasteiger partial charge is 0.459 e. The Kier molecular flexibility index (Phi) is 15.8. The first-order valence-electron chi connectivity index (χ1n) is 17.9. The van der Waals surface area contributed by atoms with Crippen LogP contribution in [0.2, 0.25) is 0 Å². The number of ether oxygens (including phenoxy) is 5. The van der Waals surface area contributed by atoms with Crippen LogP contribution in [0.3, 0.4) is 0 Å². The van der Waals surface area contributed by atoms with Crippen LogP contribution in [-0.2, 0) is 54.7 Å². The minimum absolute atomic E-state index is 0.0502. The van der Waals surface area contributed by atoms with E-state index in [1.54, 1.807) is 90.9 Å². The van der Waals surface area contributed by atoms with Crippen molar-refractivity contribution in [3.05, 3.63) is 104 Å². The smallest absolute Gasteiger partial charge is 0.339 e. The van der Waals surface area contributed by atoms with Gasteiger partial charge in [-0.2, -0.15) is 0 Å². The average Bonchev–Trinajstić information content (AvgIpc) is 3.11. The highest BCUT2D eigenvalue weighted by molar-refractivity contribution is 7.93. The average molecular weight is 816 g/mol. The number of hydrogen-bond donors (Lipinski definition) is 0. The molecule has 3 aromatic rings. The molecule has 0 amide bonds. The van der Waals surface area contributed by atoms with Crippen LogP contribution in [0, 0.1) is 34.1 Å². The summed E-state index contributed by atoms with van der Waals surface area (Å²) in [5.74, 6) is -2.86. The molecule has 57 heavy (non-hydrogen) atoms. The van der Waals surface area contributed by atoms with Gasteiger partial charge >= 0.3 is 17.9 Å². The lowest BCUT2D eigenvalue weighted by molar-refractivity contribution is -0.396. The van der Waals surface area contributed by atoms with E-state index in [1.165, 1.54) is 6.07 Å². The van der Waals surface area contributed by atoms with Crippen molar-refractivity contribution >= 4 is 45.0 Å². The molecule has 310 valence electrons. The molecule has 17 nitrogen and oxygen atoms in total. The molecule has 0 saturated heterocycles. The summed E-state index contributed by atoms with van der Waals surface area (Å²) in [5.41, 5.74) is -1.16. The van der Waals surface area contributed by atoms with Crippen molar-refractivity contribution in [3.63, 3.8) is 0 Å². The Morgan fingerprint density at radius 1 is 0.754 bits per heavy atom. The third-order valence-electron chi connectivity index (χ3n) is 7.92. The zero-order chi connectivity index (χ0) is 42.7. The SMILES string of the molecule is Cc1ccc(N(CCCCO[C@@H](C(=O)OCc2ccccc2)[C@@H](OCC(=O)OC(C)(C)C)C(=O)OC(C)(C)C)S(=O)(=O)c2ccc([N+](=O)[O-])cc2[N+](=O)[O-])cc1C. The van der Waals surface area contributed by atoms with Gasteiger partial charge in [0.1, 0.15) is 24.4 Å². The Hall–Kier alpha value is -5.46. The Morgan fingerprint density at radius 2 is 1.39 bits per heavy atom. The van der Waals surface area contributed by atoms with Crippen LogP contribution in [-0.4, -0.2) is 79.3 Å². The van der Waals surface area contributed by atoms with E-state index in [0.717, 1.165) is 27.6 Å². The molecule has 18 heteroatoms. The molecule has 0 unspecified atom stereocenters. The minimum atomic E-state index is -4.69. The summed E-state index contributed by atoms with van der Waals surface area (Å²) in [6, 6.07) is 15.8. The third-order valence-corrected chi connectivity index (χ3v) is 9.80. The second-order valence-corrected chi connectivity index (χ2v) is 16.8. The van der Waals surface area contributed by atoms with Gasteiger partial charge in [0.05, 0.1) is 21.6 Å². The second-order valence-electron chi connectivity index (χ2n) is 15.0. The highest BCUT2D eigenvalue weighted by atomic mass is 32.2. The number of hydrogen-bond acceptors (Lipinski definition) is 14. The first-order valence-corrected chi connectivity index (χ1v) is 19.4. The molecule has 0 aromatic heterocycles. The second kappa shape index (κ2) is 19.6. The molecule has 0 radical (unpaired) electrons. The van der Waals surface area contributed by atoms with Crippen molar-refractivity contribution in [2.45, 2.75) is 103 Å². The van der Waals surface area contributed by atoms with E-state index in [2.05, 4.69) is 0 Å². The van der Waals surface area contributed by atoms with Gasteiger partial charge < -0.3 is 23.7 Å². The number of nitro benzene ring substituents is 2. The quantitative estimate of drug-likeness (QED) is 0.0427. The summed E-state index contributed by atoms with van der Waals surface area (Å²) in [6.07, 6.45) is -3.44. The maximum absolute atomic E-state index is 14.1. The van der Waals surface area contributed by atoms with E-state index < -0.39 is 84.1 Å². The molecule has 3 aromatic carbocycles. The number of nitro groups is 2. The molecular weight excluding hydrogens is 767 g/mol. The predicted octanol–water partition coefficient (Wildman–Crippen LogP) is 6.29. The van der Waals surface area contributed by atoms with Crippen molar-refractivity contribution in [2.24, 2.45) is 0 Å². The highest BCUT2D eigenvalue weighted by Gasteiger charge is 2.41. The Balaban J connectivity index is 1.92. The van der Waals surface area contributed by atoms with Crippen LogP contribution >= 0.6 is 0 Å². The zero-order valence-corrected chi connectivity index (χ0v) is 34.0. The summed E-state index contributed by atoms with van der Waals surface area (Å²) in [4.78, 5) is 60.4. The lowest BCUT2D eigenvalue weighted by Gasteiger charge is -2.29. The predicted molar refractivity (Wildman–Crippen MR) is 207 cm³/mol. The number of unbranched alkanes of at least 4 members (excludes halogenated alkanes) is 1. The third kappa shape index (κ3) is 13.9. The monoisotopic (exact) mass is 815 g/mol. The topological polar surface area (TPSA) is 221 Å². The zero-order valence-electron chi connectivity index (χ0n) is 33.2. The van der Waals surface area contributed by atoms with Crippen LogP contribution in [0.1, 0.15) is 71.1 Å². The van der Waals surface area contributed by atoms with Crippen molar-refractivity contribution in [1.29, 1.82) is 0 Å². The normalized spacial score (nSPS) is 12.9. The molecule has 0 fully saturated rings. The molecule has 2 atom stereocenters. The van der Waals surface area contributed by atoms with Crippen LogP contribution in [0.4, 0.5) is 17.1 Å². The number of aryl methyl sites for hydroxylation is 2. The molecule has 0 spiro atoms. The van der Waals surface area contributed by atoms with Gasteiger partial charge in [0.25, 0.3) is 21.4 Å². The van der Waals surface area contributed by atoms with E-state index in [0.29, 0.717) is 11.6 Å². The molecule has 3 rings (SSSR count). The van der Waals surface area contributed by atoms with Crippen molar-refractivity contribution in [3.8, 4) is 0 Å². The van der Waals surface area contributed by atoms with Gasteiger partial charge in [0.2, 0.25) is 0 Å². The van der Waals surface area contributed by atoms with Crippen LogP contribution in [0.25, 0.3) is 0 Å². The van der Waals surface area contributed by atoms with Gasteiger partial charge in [-0.1, -0.05) is 36.4 Å². The van der Waals surface area contributed by atoms with E-state index in [-0.39, 0.29) is 38.3 Å². The lowest BCUT2D eigenvalue weighted by Crippen LogP contribution is -2.48. The molecule has 0 aliphatic heterocycles. The van der Waals surface area contributed by atoms with Gasteiger partial charge in [-0.15, -0.1) is 0 Å². The standard InChI is InChI=1S/C39H49N3O14S/c1-26-16-17-29(22-27(26)2)40(57(50,51)32-19-18-30(41(46)47)23-31(32)42(48)49)20-12-13-21-52-34(36(44)54-24-28-14-10-9-11-15-28)35(37(45)56-39(6,7)8)53-25-33(43)55-38(3,4)5/h9-11,14-19,22-23,34-35H,12-13,20-21,24-25H2,1-8H3/t34-,35-/m1/s1. The van der Waals surface area contributed by atoms with Crippen molar-refractivity contribution < 1.29 is 56.3 Å². The molecular formula is C39H49N3O14S. The van der Waals surface area contributed by atoms with Crippen LogP contribution < -0.4 is 4.31 Å². The van der Waals surface area contributed by atoms with Crippen LogP contribution in [0.15, 0.2) is 71.6 Å². The summed E-state index contributed by atoms with van der Waals surface area (Å²) in [6.45, 7) is 11.8. The lowest BCUT2D eigenvalue weighted by atomic mass is 10.1. The number of benzene rings is 3. The molecule has 0 saturated carbocycles. The Labute approximate surface area is 331 Å².